The van der Waals surface area contributed by atoms with Crippen LogP contribution >= 0.6 is 0 Å². The lowest BCUT2D eigenvalue weighted by Gasteiger charge is -2.38. The van der Waals surface area contributed by atoms with Crippen LogP contribution in [0.2, 0.25) is 0 Å². The van der Waals surface area contributed by atoms with E-state index in [4.69, 9.17) is 9.47 Å². The van der Waals surface area contributed by atoms with Crippen LogP contribution in [0.1, 0.15) is 40.8 Å². The molecule has 3 aromatic rings. The fraction of sp³-hybridized carbons (Fsp3) is 0.345. The maximum atomic E-state index is 12.4. The van der Waals surface area contributed by atoms with Gasteiger partial charge >= 0.3 is 0 Å². The third kappa shape index (κ3) is 5.85. The number of nitrogens with zero attached hydrogens (tertiary/aromatic N) is 1. The summed E-state index contributed by atoms with van der Waals surface area (Å²) >= 11 is 0. The number of methoxy groups -OCH3 is 1. The number of aryl methyl sites for hydroxylation is 1. The van der Waals surface area contributed by atoms with Crippen molar-refractivity contribution >= 4 is 5.91 Å². The highest BCUT2D eigenvalue weighted by atomic mass is 16.5. The van der Waals surface area contributed by atoms with E-state index >= 15 is 0 Å². The second-order valence-corrected chi connectivity index (χ2v) is 8.92. The predicted molar refractivity (Wildman–Crippen MR) is 135 cm³/mol. The molecule has 3 aromatic carbocycles. The molecule has 1 aliphatic rings. The van der Waals surface area contributed by atoms with Crippen molar-refractivity contribution in [2.45, 2.75) is 39.0 Å². The van der Waals surface area contributed by atoms with Gasteiger partial charge in [-0.15, -0.1) is 0 Å². The van der Waals surface area contributed by atoms with Gasteiger partial charge in [0.2, 0.25) is 0 Å². The van der Waals surface area contributed by atoms with E-state index in [0.717, 1.165) is 19.5 Å². The van der Waals surface area contributed by atoms with Crippen molar-refractivity contribution in [3.63, 3.8) is 0 Å². The van der Waals surface area contributed by atoms with Crippen LogP contribution < -0.4 is 10.1 Å². The first kappa shape index (κ1) is 24.0. The minimum atomic E-state index is -0.586. The molecule has 5 nitrogen and oxygen atoms in total. The van der Waals surface area contributed by atoms with Gasteiger partial charge in [-0.2, -0.15) is 0 Å². The quantitative estimate of drug-likeness (QED) is 0.474. The summed E-state index contributed by atoms with van der Waals surface area (Å²) in [4.78, 5) is 14.9. The summed E-state index contributed by atoms with van der Waals surface area (Å²) < 4.78 is 11.1. The van der Waals surface area contributed by atoms with E-state index < -0.39 is 6.10 Å². The van der Waals surface area contributed by atoms with Crippen molar-refractivity contribution in [2.24, 2.45) is 0 Å². The average Bonchev–Trinajstić information content (AvgIpc) is 2.85. The Morgan fingerprint density at radius 2 is 1.85 bits per heavy atom. The number of fused-ring (bicyclic) bond motifs is 1. The molecule has 0 fully saturated rings. The van der Waals surface area contributed by atoms with Gasteiger partial charge in [-0.05, 0) is 54.7 Å². The number of hydrogen-bond acceptors (Lipinski definition) is 4. The zero-order valence-electron chi connectivity index (χ0n) is 20.3. The van der Waals surface area contributed by atoms with Crippen molar-refractivity contribution in [2.75, 3.05) is 26.8 Å². The van der Waals surface area contributed by atoms with E-state index in [0.29, 0.717) is 18.9 Å². The molecular weight excluding hydrogens is 424 g/mol. The summed E-state index contributed by atoms with van der Waals surface area (Å²) in [5, 5.41) is 2.84. The van der Waals surface area contributed by atoms with Gasteiger partial charge in [0.25, 0.3) is 5.91 Å². The molecule has 178 valence electrons. The van der Waals surface area contributed by atoms with E-state index in [1.54, 1.807) is 14.0 Å². The Morgan fingerprint density at radius 1 is 1.09 bits per heavy atom. The minimum Gasteiger partial charge on any atom is -0.481 e. The fourth-order valence-corrected chi connectivity index (χ4v) is 4.52. The van der Waals surface area contributed by atoms with E-state index in [2.05, 4.69) is 83.9 Å². The van der Waals surface area contributed by atoms with Crippen LogP contribution in [0.15, 0.2) is 72.8 Å². The highest BCUT2D eigenvalue weighted by molar-refractivity contribution is 5.80. The molecule has 0 saturated carbocycles. The second-order valence-electron chi connectivity index (χ2n) is 8.92. The lowest BCUT2D eigenvalue weighted by molar-refractivity contribution is -0.127. The van der Waals surface area contributed by atoms with E-state index in [1.165, 1.54) is 27.8 Å². The molecule has 0 saturated heterocycles. The molecule has 4 rings (SSSR count). The molecule has 0 bridgehead atoms. The molecule has 1 heterocycles. The van der Waals surface area contributed by atoms with Crippen molar-refractivity contribution in [1.82, 2.24) is 10.2 Å². The van der Waals surface area contributed by atoms with Crippen LogP contribution in [0.25, 0.3) is 0 Å². The number of rotatable bonds is 9. The number of benzene rings is 3. The summed E-state index contributed by atoms with van der Waals surface area (Å²) in [6, 6.07) is 25.8. The molecule has 1 N–H and O–H groups in total. The molecule has 2 atom stereocenters. The number of ether oxygens (including phenoxy) is 2. The average molecular weight is 459 g/mol. The summed E-state index contributed by atoms with van der Waals surface area (Å²) in [5.41, 5.74) is 6.42. The van der Waals surface area contributed by atoms with Gasteiger partial charge in [0.1, 0.15) is 5.75 Å². The molecule has 34 heavy (non-hydrogen) atoms. The first-order valence-corrected chi connectivity index (χ1v) is 12.0. The third-order valence-electron chi connectivity index (χ3n) is 6.35. The number of hydrogen-bond donors (Lipinski definition) is 1. The second kappa shape index (κ2) is 11.3. The number of carbonyl (C=O) groups excluding carboxylic acids is 1. The first-order valence-electron chi connectivity index (χ1n) is 12.0. The van der Waals surface area contributed by atoms with Crippen LogP contribution in [0, 0.1) is 6.92 Å². The van der Waals surface area contributed by atoms with Gasteiger partial charge in [0.15, 0.2) is 6.10 Å². The Morgan fingerprint density at radius 3 is 2.59 bits per heavy atom. The van der Waals surface area contributed by atoms with E-state index in [9.17, 15) is 4.79 Å². The maximum Gasteiger partial charge on any atom is 0.260 e. The summed E-state index contributed by atoms with van der Waals surface area (Å²) in [5.74, 6) is 0.571. The molecule has 0 spiro atoms. The Labute approximate surface area is 202 Å². The normalized spacial score (nSPS) is 16.5. The monoisotopic (exact) mass is 458 g/mol. The van der Waals surface area contributed by atoms with Gasteiger partial charge < -0.3 is 14.8 Å². The van der Waals surface area contributed by atoms with Crippen LogP contribution in [0.5, 0.6) is 5.75 Å². The first-order chi connectivity index (χ1) is 16.5. The highest BCUT2D eigenvalue weighted by Gasteiger charge is 2.29. The lowest BCUT2D eigenvalue weighted by Crippen LogP contribution is -2.38. The largest absolute Gasteiger partial charge is 0.481 e. The summed E-state index contributed by atoms with van der Waals surface area (Å²) in [6.45, 7) is 6.71. The van der Waals surface area contributed by atoms with E-state index in [-0.39, 0.29) is 11.9 Å². The molecule has 0 aromatic heterocycles. The Balaban J connectivity index is 1.59. The number of amides is 1. The Hall–Kier alpha value is -3.15. The van der Waals surface area contributed by atoms with Gasteiger partial charge in [-0.1, -0.05) is 66.2 Å². The summed E-state index contributed by atoms with van der Waals surface area (Å²) in [6.07, 6.45) is 0.398. The van der Waals surface area contributed by atoms with Gasteiger partial charge in [0, 0.05) is 26.7 Å². The molecule has 5 heteroatoms. The fourth-order valence-electron chi connectivity index (χ4n) is 4.52. The van der Waals surface area contributed by atoms with Crippen molar-refractivity contribution < 1.29 is 14.3 Å². The van der Waals surface area contributed by atoms with Crippen LogP contribution in [-0.2, 0) is 22.5 Å². The maximum absolute atomic E-state index is 12.4. The predicted octanol–water partition coefficient (Wildman–Crippen LogP) is 4.67. The van der Waals surface area contributed by atoms with Crippen molar-refractivity contribution in [3.8, 4) is 5.75 Å². The van der Waals surface area contributed by atoms with Crippen LogP contribution in [0.4, 0.5) is 0 Å². The summed E-state index contributed by atoms with van der Waals surface area (Å²) in [7, 11) is 1.62. The topological polar surface area (TPSA) is 50.8 Å². The smallest absolute Gasteiger partial charge is 0.260 e. The van der Waals surface area contributed by atoms with Gasteiger partial charge in [-0.25, -0.2) is 0 Å². The third-order valence-corrected chi connectivity index (χ3v) is 6.35. The molecule has 0 aliphatic carbocycles. The zero-order valence-corrected chi connectivity index (χ0v) is 20.3. The molecule has 1 amide bonds. The van der Waals surface area contributed by atoms with Crippen LogP contribution in [0.3, 0.4) is 0 Å². The SMILES string of the molecule is COCCNC(=O)C(C)Oc1ccc2c(c1)C(c1ccccc1)N(Cc1ccc(C)cc1)CC2. The van der Waals surface area contributed by atoms with E-state index in [1.807, 2.05) is 6.07 Å². The zero-order chi connectivity index (χ0) is 23.9. The molecule has 2 unspecified atom stereocenters. The Bertz CT molecular complexity index is 1080. The van der Waals surface area contributed by atoms with Crippen molar-refractivity contribution in [1.29, 1.82) is 0 Å². The van der Waals surface area contributed by atoms with Crippen molar-refractivity contribution in [3.05, 3.63) is 101 Å². The Kier molecular flexibility index (Phi) is 7.99. The standard InChI is InChI=1S/C29H34N2O3/c1-21-9-11-23(12-10-21)20-31-17-15-24-13-14-26(34-22(2)29(32)30-16-18-33-3)19-27(24)28(31)25-7-5-4-6-8-25/h4-14,19,22,28H,15-18,20H2,1-3H3,(H,30,32). The van der Waals surface area contributed by atoms with Crippen LogP contribution in [-0.4, -0.2) is 43.7 Å². The molecular formula is C29H34N2O3. The number of carbonyl (C=O) groups is 1. The number of nitrogens with one attached hydrogen (secondary N) is 1. The molecule has 1 aliphatic heterocycles. The molecule has 0 radical (unpaired) electrons. The van der Waals surface area contributed by atoms with Gasteiger partial charge in [-0.3, -0.25) is 9.69 Å². The minimum absolute atomic E-state index is 0.126. The lowest BCUT2D eigenvalue weighted by atomic mass is 9.87. The van der Waals surface area contributed by atoms with Gasteiger partial charge in [0.05, 0.1) is 12.6 Å². The highest BCUT2D eigenvalue weighted by Crippen LogP contribution is 2.38.